The van der Waals surface area contributed by atoms with E-state index in [1.807, 2.05) is 51.1 Å². The SMILES string of the molecule is C=CCc1ccc(NC(=O)OC(C)(C)C)cc1. The summed E-state index contributed by atoms with van der Waals surface area (Å²) in [5, 5.41) is 2.68. The lowest BCUT2D eigenvalue weighted by Crippen LogP contribution is -2.27. The number of rotatable bonds is 3. The molecule has 92 valence electrons. The number of amides is 1. The van der Waals surface area contributed by atoms with Crippen molar-refractivity contribution in [3.8, 4) is 0 Å². The lowest BCUT2D eigenvalue weighted by Gasteiger charge is -2.19. The van der Waals surface area contributed by atoms with Crippen molar-refractivity contribution < 1.29 is 9.53 Å². The molecule has 0 radical (unpaired) electrons. The highest BCUT2D eigenvalue weighted by Crippen LogP contribution is 2.13. The summed E-state index contributed by atoms with van der Waals surface area (Å²) in [6.45, 7) is 9.18. The Morgan fingerprint density at radius 2 is 1.94 bits per heavy atom. The highest BCUT2D eigenvalue weighted by atomic mass is 16.6. The molecule has 3 nitrogen and oxygen atoms in total. The lowest BCUT2D eigenvalue weighted by molar-refractivity contribution is 0.0636. The van der Waals surface area contributed by atoms with Crippen molar-refractivity contribution in [2.75, 3.05) is 5.32 Å². The summed E-state index contributed by atoms with van der Waals surface area (Å²) in [6.07, 6.45) is 2.23. The molecule has 0 aliphatic carbocycles. The quantitative estimate of drug-likeness (QED) is 0.807. The Morgan fingerprint density at radius 3 is 2.41 bits per heavy atom. The molecule has 1 amide bonds. The van der Waals surface area contributed by atoms with Crippen LogP contribution in [-0.2, 0) is 11.2 Å². The third-order valence-electron chi connectivity index (χ3n) is 1.98. The van der Waals surface area contributed by atoms with Crippen LogP contribution in [0.15, 0.2) is 36.9 Å². The van der Waals surface area contributed by atoms with Crippen molar-refractivity contribution in [2.45, 2.75) is 32.8 Å². The van der Waals surface area contributed by atoms with Crippen LogP contribution >= 0.6 is 0 Å². The fraction of sp³-hybridized carbons (Fsp3) is 0.357. The van der Waals surface area contributed by atoms with Crippen LogP contribution in [0.5, 0.6) is 0 Å². The number of nitrogens with one attached hydrogen (secondary N) is 1. The Bertz CT molecular complexity index is 388. The Hall–Kier alpha value is -1.77. The summed E-state index contributed by atoms with van der Waals surface area (Å²) in [6, 6.07) is 7.61. The summed E-state index contributed by atoms with van der Waals surface area (Å²) in [5.74, 6) is 0. The number of benzene rings is 1. The largest absolute Gasteiger partial charge is 0.444 e. The molecule has 1 aromatic carbocycles. The summed E-state index contributed by atoms with van der Waals surface area (Å²) in [5.41, 5.74) is 1.41. The zero-order valence-corrected chi connectivity index (χ0v) is 10.6. The minimum atomic E-state index is -0.479. The molecule has 0 saturated carbocycles. The van der Waals surface area contributed by atoms with E-state index in [1.54, 1.807) is 0 Å². The van der Waals surface area contributed by atoms with E-state index in [0.717, 1.165) is 17.7 Å². The number of hydrogen-bond donors (Lipinski definition) is 1. The van der Waals surface area contributed by atoms with Gasteiger partial charge in [0.05, 0.1) is 0 Å². The molecular weight excluding hydrogens is 214 g/mol. The molecule has 0 aliphatic heterocycles. The summed E-state index contributed by atoms with van der Waals surface area (Å²) < 4.78 is 5.15. The molecule has 1 N–H and O–H groups in total. The monoisotopic (exact) mass is 233 g/mol. The van der Waals surface area contributed by atoms with Gasteiger partial charge in [-0.1, -0.05) is 18.2 Å². The van der Waals surface area contributed by atoms with Crippen LogP contribution in [0.25, 0.3) is 0 Å². The lowest BCUT2D eigenvalue weighted by atomic mass is 10.1. The maximum absolute atomic E-state index is 11.5. The molecule has 1 aromatic rings. The van der Waals surface area contributed by atoms with Crippen molar-refractivity contribution in [3.05, 3.63) is 42.5 Å². The topological polar surface area (TPSA) is 38.3 Å². The number of carbonyl (C=O) groups is 1. The molecule has 0 heterocycles. The Kier molecular flexibility index (Phi) is 4.32. The van der Waals surface area contributed by atoms with Gasteiger partial charge < -0.3 is 4.74 Å². The summed E-state index contributed by atoms with van der Waals surface area (Å²) in [7, 11) is 0. The van der Waals surface area contributed by atoms with E-state index in [0.29, 0.717) is 0 Å². The van der Waals surface area contributed by atoms with Crippen LogP contribution in [0.4, 0.5) is 10.5 Å². The van der Waals surface area contributed by atoms with E-state index in [-0.39, 0.29) is 0 Å². The van der Waals surface area contributed by atoms with Crippen molar-refractivity contribution in [3.63, 3.8) is 0 Å². The van der Waals surface area contributed by atoms with Crippen LogP contribution in [0.2, 0.25) is 0 Å². The predicted molar refractivity (Wildman–Crippen MR) is 70.2 cm³/mol. The van der Waals surface area contributed by atoms with Gasteiger partial charge >= 0.3 is 6.09 Å². The highest BCUT2D eigenvalue weighted by Gasteiger charge is 2.15. The van der Waals surface area contributed by atoms with Gasteiger partial charge in [-0.05, 0) is 44.9 Å². The van der Waals surface area contributed by atoms with Gasteiger partial charge in [0.1, 0.15) is 5.60 Å². The molecule has 0 atom stereocenters. The standard InChI is InChI=1S/C14H19NO2/c1-5-6-11-7-9-12(10-8-11)15-13(16)17-14(2,3)4/h5,7-10H,1,6H2,2-4H3,(H,15,16). The van der Waals surface area contributed by atoms with E-state index in [4.69, 9.17) is 4.74 Å². The maximum atomic E-state index is 11.5. The Balaban J connectivity index is 2.57. The first-order valence-electron chi connectivity index (χ1n) is 5.60. The highest BCUT2D eigenvalue weighted by molar-refractivity contribution is 5.84. The zero-order chi connectivity index (χ0) is 12.9. The third kappa shape index (κ3) is 5.20. The van der Waals surface area contributed by atoms with Crippen molar-refractivity contribution in [1.82, 2.24) is 0 Å². The predicted octanol–water partition coefficient (Wildman–Crippen LogP) is 3.76. The van der Waals surface area contributed by atoms with E-state index < -0.39 is 11.7 Å². The molecule has 0 aromatic heterocycles. The molecule has 0 spiro atoms. The van der Waals surface area contributed by atoms with Gasteiger partial charge in [0.25, 0.3) is 0 Å². The fourth-order valence-electron chi connectivity index (χ4n) is 1.31. The second-order valence-electron chi connectivity index (χ2n) is 4.82. The average Bonchev–Trinajstić information content (AvgIpc) is 2.18. The molecule has 1 rings (SSSR count). The maximum Gasteiger partial charge on any atom is 0.412 e. The van der Waals surface area contributed by atoms with Gasteiger partial charge in [-0.2, -0.15) is 0 Å². The first-order chi connectivity index (χ1) is 7.90. The van der Waals surface area contributed by atoms with Crippen molar-refractivity contribution in [1.29, 1.82) is 0 Å². The smallest absolute Gasteiger partial charge is 0.412 e. The molecule has 0 fully saturated rings. The summed E-state index contributed by atoms with van der Waals surface area (Å²) in [4.78, 5) is 11.5. The minimum absolute atomic E-state index is 0.436. The van der Waals surface area contributed by atoms with Crippen LogP contribution < -0.4 is 5.32 Å². The second kappa shape index (κ2) is 5.53. The molecule has 0 bridgehead atoms. The Morgan fingerprint density at radius 1 is 1.35 bits per heavy atom. The number of carbonyl (C=O) groups excluding carboxylic acids is 1. The molecular formula is C14H19NO2. The molecule has 0 saturated heterocycles. The van der Waals surface area contributed by atoms with Crippen molar-refractivity contribution in [2.24, 2.45) is 0 Å². The second-order valence-corrected chi connectivity index (χ2v) is 4.82. The van der Waals surface area contributed by atoms with Crippen LogP contribution in [0.3, 0.4) is 0 Å². The Labute approximate surface area is 102 Å². The number of ether oxygens (including phenoxy) is 1. The zero-order valence-electron chi connectivity index (χ0n) is 10.6. The first-order valence-corrected chi connectivity index (χ1v) is 5.60. The van der Waals surface area contributed by atoms with Gasteiger partial charge in [-0.3, -0.25) is 5.32 Å². The van der Waals surface area contributed by atoms with E-state index in [2.05, 4.69) is 11.9 Å². The van der Waals surface area contributed by atoms with Crippen LogP contribution in [-0.4, -0.2) is 11.7 Å². The number of allylic oxidation sites excluding steroid dienone is 1. The summed E-state index contributed by atoms with van der Waals surface area (Å²) >= 11 is 0. The molecule has 3 heteroatoms. The van der Waals surface area contributed by atoms with Gasteiger partial charge in [0, 0.05) is 5.69 Å². The minimum Gasteiger partial charge on any atom is -0.444 e. The van der Waals surface area contributed by atoms with E-state index >= 15 is 0 Å². The number of anilines is 1. The van der Waals surface area contributed by atoms with Gasteiger partial charge in [0.15, 0.2) is 0 Å². The fourth-order valence-corrected chi connectivity index (χ4v) is 1.31. The van der Waals surface area contributed by atoms with Gasteiger partial charge in [-0.15, -0.1) is 6.58 Å². The van der Waals surface area contributed by atoms with Crippen molar-refractivity contribution >= 4 is 11.8 Å². The van der Waals surface area contributed by atoms with Gasteiger partial charge in [-0.25, -0.2) is 4.79 Å². The molecule has 17 heavy (non-hydrogen) atoms. The van der Waals surface area contributed by atoms with Gasteiger partial charge in [0.2, 0.25) is 0 Å². The molecule has 0 unspecified atom stereocenters. The normalized spacial score (nSPS) is 10.8. The third-order valence-corrected chi connectivity index (χ3v) is 1.98. The first kappa shape index (κ1) is 13.3. The average molecular weight is 233 g/mol. The number of hydrogen-bond acceptors (Lipinski definition) is 2. The molecule has 0 aliphatic rings. The van der Waals surface area contributed by atoms with E-state index in [1.165, 1.54) is 0 Å². The van der Waals surface area contributed by atoms with Crippen LogP contribution in [0.1, 0.15) is 26.3 Å². The van der Waals surface area contributed by atoms with E-state index in [9.17, 15) is 4.79 Å². The van der Waals surface area contributed by atoms with Crippen LogP contribution in [0, 0.1) is 0 Å².